The molecule has 0 aliphatic carbocycles. The topological polar surface area (TPSA) is 26.0 Å². The minimum absolute atomic E-state index is 0.194. The van der Waals surface area contributed by atoms with Gasteiger partial charge in [0.15, 0.2) is 0 Å². The fourth-order valence-corrected chi connectivity index (χ4v) is 1.49. The summed E-state index contributed by atoms with van der Waals surface area (Å²) in [5, 5.41) is 1.52. The predicted octanol–water partition coefficient (Wildman–Crippen LogP) is 2.87. The molecular weight excluding hydrogens is 165 g/mol. The van der Waals surface area contributed by atoms with Crippen molar-refractivity contribution >= 4 is 16.5 Å². The zero-order chi connectivity index (χ0) is 9.42. The van der Waals surface area contributed by atoms with Crippen LogP contribution in [0.1, 0.15) is 5.56 Å². The monoisotopic (exact) mass is 175 g/mol. The molecule has 2 heteroatoms. The highest BCUT2D eigenvalue weighted by atomic mass is 19.1. The molecule has 0 saturated carbocycles. The number of benzene rings is 2. The van der Waals surface area contributed by atoms with Crippen molar-refractivity contribution in [3.8, 4) is 0 Å². The molecule has 0 fully saturated rings. The minimum atomic E-state index is -0.194. The summed E-state index contributed by atoms with van der Waals surface area (Å²) in [6.07, 6.45) is 0. The first-order valence-electron chi connectivity index (χ1n) is 4.13. The Morgan fingerprint density at radius 1 is 1.08 bits per heavy atom. The molecule has 2 N–H and O–H groups in total. The van der Waals surface area contributed by atoms with Crippen molar-refractivity contribution in [2.75, 3.05) is 5.73 Å². The van der Waals surface area contributed by atoms with Gasteiger partial charge in [-0.2, -0.15) is 0 Å². The van der Waals surface area contributed by atoms with Crippen LogP contribution in [0.3, 0.4) is 0 Å². The third kappa shape index (κ3) is 1.15. The normalized spacial score (nSPS) is 10.6. The molecule has 0 heterocycles. The van der Waals surface area contributed by atoms with Gasteiger partial charge >= 0.3 is 0 Å². The summed E-state index contributed by atoms with van der Waals surface area (Å²) < 4.78 is 13.3. The second kappa shape index (κ2) is 2.73. The van der Waals surface area contributed by atoms with E-state index in [0.717, 1.165) is 10.9 Å². The maximum Gasteiger partial charge on any atom is 0.131 e. The Kier molecular flexibility index (Phi) is 1.69. The van der Waals surface area contributed by atoms with E-state index in [0.29, 0.717) is 11.1 Å². The van der Waals surface area contributed by atoms with Crippen molar-refractivity contribution < 1.29 is 4.39 Å². The van der Waals surface area contributed by atoms with E-state index in [4.69, 9.17) is 5.73 Å². The van der Waals surface area contributed by atoms with Crippen molar-refractivity contribution in [2.24, 2.45) is 0 Å². The molecular formula is C11H10FN. The van der Waals surface area contributed by atoms with Crippen molar-refractivity contribution in [1.82, 2.24) is 0 Å². The summed E-state index contributed by atoms with van der Waals surface area (Å²) in [5.74, 6) is -0.194. The lowest BCUT2D eigenvalue weighted by Gasteiger charge is -2.05. The fraction of sp³-hybridized carbons (Fsp3) is 0.0909. The first-order chi connectivity index (χ1) is 6.20. The van der Waals surface area contributed by atoms with Crippen LogP contribution in [-0.4, -0.2) is 0 Å². The highest BCUT2D eigenvalue weighted by Gasteiger charge is 2.03. The summed E-state index contributed by atoms with van der Waals surface area (Å²) >= 11 is 0. The van der Waals surface area contributed by atoms with Crippen LogP contribution in [0.5, 0.6) is 0 Å². The standard InChI is InChI=1S/C11H10FN/c1-7-8-3-2-4-10(12)9(8)5-6-11(7)13/h2-6H,13H2,1H3. The largest absolute Gasteiger partial charge is 0.398 e. The molecule has 2 aromatic rings. The number of anilines is 1. The second-order valence-corrected chi connectivity index (χ2v) is 3.11. The lowest BCUT2D eigenvalue weighted by molar-refractivity contribution is 0.640. The van der Waals surface area contributed by atoms with Crippen molar-refractivity contribution in [3.05, 3.63) is 41.7 Å². The fourth-order valence-electron chi connectivity index (χ4n) is 1.49. The van der Waals surface area contributed by atoms with Crippen LogP contribution in [-0.2, 0) is 0 Å². The zero-order valence-corrected chi connectivity index (χ0v) is 7.34. The molecule has 0 saturated heterocycles. The summed E-state index contributed by atoms with van der Waals surface area (Å²) in [7, 11) is 0. The third-order valence-electron chi connectivity index (χ3n) is 2.32. The van der Waals surface area contributed by atoms with Crippen molar-refractivity contribution in [3.63, 3.8) is 0 Å². The SMILES string of the molecule is Cc1c(N)ccc2c(F)cccc12. The Hall–Kier alpha value is -1.57. The van der Waals surface area contributed by atoms with E-state index in [1.54, 1.807) is 18.2 Å². The number of aryl methyl sites for hydroxylation is 1. The van der Waals surface area contributed by atoms with Gasteiger partial charge in [-0.3, -0.25) is 0 Å². The molecule has 0 atom stereocenters. The Labute approximate surface area is 76.0 Å². The Morgan fingerprint density at radius 3 is 2.62 bits per heavy atom. The quantitative estimate of drug-likeness (QED) is 0.612. The van der Waals surface area contributed by atoms with E-state index in [2.05, 4.69) is 0 Å². The molecule has 0 amide bonds. The lowest BCUT2D eigenvalue weighted by atomic mass is 10.0. The van der Waals surface area contributed by atoms with Crippen LogP contribution < -0.4 is 5.73 Å². The number of halogens is 1. The number of fused-ring (bicyclic) bond motifs is 1. The Morgan fingerprint density at radius 2 is 1.85 bits per heavy atom. The molecule has 2 aromatic carbocycles. The van der Waals surface area contributed by atoms with Crippen LogP contribution in [0.2, 0.25) is 0 Å². The summed E-state index contributed by atoms with van der Waals surface area (Å²) in [6, 6.07) is 8.49. The molecule has 1 nitrogen and oxygen atoms in total. The van der Waals surface area contributed by atoms with Crippen LogP contribution in [0, 0.1) is 12.7 Å². The van der Waals surface area contributed by atoms with Gasteiger partial charge in [0.2, 0.25) is 0 Å². The minimum Gasteiger partial charge on any atom is -0.398 e. The van der Waals surface area contributed by atoms with E-state index < -0.39 is 0 Å². The number of hydrogen-bond acceptors (Lipinski definition) is 1. The smallest absolute Gasteiger partial charge is 0.131 e. The Bertz CT molecular complexity index is 463. The second-order valence-electron chi connectivity index (χ2n) is 3.11. The van der Waals surface area contributed by atoms with Crippen LogP contribution in [0.25, 0.3) is 10.8 Å². The van der Waals surface area contributed by atoms with Crippen LogP contribution in [0.4, 0.5) is 10.1 Å². The van der Waals surface area contributed by atoms with Crippen molar-refractivity contribution in [2.45, 2.75) is 6.92 Å². The van der Waals surface area contributed by atoms with Crippen LogP contribution >= 0.6 is 0 Å². The van der Waals surface area contributed by atoms with Gasteiger partial charge in [-0.05, 0) is 36.1 Å². The summed E-state index contributed by atoms with van der Waals surface area (Å²) in [5.41, 5.74) is 7.36. The van der Waals surface area contributed by atoms with Gasteiger partial charge in [-0.1, -0.05) is 12.1 Å². The molecule has 0 unspecified atom stereocenters. The molecule has 0 aliphatic heterocycles. The molecule has 0 aromatic heterocycles. The first-order valence-corrected chi connectivity index (χ1v) is 4.13. The molecule has 0 spiro atoms. The highest BCUT2D eigenvalue weighted by Crippen LogP contribution is 2.24. The summed E-state index contributed by atoms with van der Waals surface area (Å²) in [4.78, 5) is 0. The third-order valence-corrected chi connectivity index (χ3v) is 2.32. The van der Waals surface area contributed by atoms with E-state index in [1.165, 1.54) is 6.07 Å². The predicted molar refractivity (Wildman–Crippen MR) is 53.1 cm³/mol. The average molecular weight is 175 g/mol. The molecule has 2 rings (SSSR count). The van der Waals surface area contributed by atoms with E-state index in [-0.39, 0.29) is 5.82 Å². The maximum atomic E-state index is 13.3. The highest BCUT2D eigenvalue weighted by molar-refractivity contribution is 5.89. The van der Waals surface area contributed by atoms with Gasteiger partial charge in [-0.25, -0.2) is 4.39 Å². The lowest BCUT2D eigenvalue weighted by Crippen LogP contribution is -1.91. The molecule has 0 radical (unpaired) electrons. The van der Waals surface area contributed by atoms with Gasteiger partial charge < -0.3 is 5.73 Å². The molecule has 13 heavy (non-hydrogen) atoms. The van der Waals surface area contributed by atoms with Gasteiger partial charge in [0.05, 0.1) is 0 Å². The summed E-state index contributed by atoms with van der Waals surface area (Å²) in [6.45, 7) is 1.90. The maximum absolute atomic E-state index is 13.3. The van der Waals surface area contributed by atoms with Gasteiger partial charge in [0.1, 0.15) is 5.82 Å². The number of rotatable bonds is 0. The zero-order valence-electron chi connectivity index (χ0n) is 7.34. The van der Waals surface area contributed by atoms with Crippen molar-refractivity contribution in [1.29, 1.82) is 0 Å². The van der Waals surface area contributed by atoms with Gasteiger partial charge in [0.25, 0.3) is 0 Å². The van der Waals surface area contributed by atoms with E-state index >= 15 is 0 Å². The van der Waals surface area contributed by atoms with E-state index in [9.17, 15) is 4.39 Å². The van der Waals surface area contributed by atoms with Gasteiger partial charge in [0, 0.05) is 11.1 Å². The average Bonchev–Trinajstić information content (AvgIpc) is 2.12. The molecule has 0 bridgehead atoms. The Balaban J connectivity index is 2.94. The number of hydrogen-bond donors (Lipinski definition) is 1. The van der Waals surface area contributed by atoms with Gasteiger partial charge in [-0.15, -0.1) is 0 Å². The molecule has 0 aliphatic rings. The first kappa shape index (κ1) is 8.05. The number of nitrogen functional groups attached to an aromatic ring is 1. The number of nitrogens with two attached hydrogens (primary N) is 1. The van der Waals surface area contributed by atoms with E-state index in [1.807, 2.05) is 13.0 Å². The van der Waals surface area contributed by atoms with Crippen LogP contribution in [0.15, 0.2) is 30.3 Å². The molecule has 66 valence electrons.